The highest BCUT2D eigenvalue weighted by atomic mass is 32.1. The molecule has 2 nitrogen and oxygen atoms in total. The van der Waals surface area contributed by atoms with Gasteiger partial charge in [0, 0.05) is 73.1 Å². The summed E-state index contributed by atoms with van der Waals surface area (Å²) in [5.41, 5.74) is 9.85. The molecule has 0 spiro atoms. The first-order valence-corrected chi connectivity index (χ1v) is 18.2. The predicted molar refractivity (Wildman–Crippen MR) is 213 cm³/mol. The Morgan fingerprint density at radius 2 is 0.857 bits per heavy atom. The van der Waals surface area contributed by atoms with Crippen LogP contribution >= 0.6 is 22.7 Å². The Bertz CT molecular complexity index is 3110. The number of hydrogen-bond acceptors (Lipinski definition) is 4. The van der Waals surface area contributed by atoms with E-state index >= 15 is 0 Å². The van der Waals surface area contributed by atoms with Crippen molar-refractivity contribution in [2.75, 3.05) is 0 Å². The van der Waals surface area contributed by atoms with E-state index in [0.29, 0.717) is 0 Å². The Labute approximate surface area is 289 Å². The Morgan fingerprint density at radius 3 is 1.49 bits per heavy atom. The minimum atomic E-state index is 0.991. The van der Waals surface area contributed by atoms with Crippen molar-refractivity contribution in [3.8, 4) is 33.5 Å². The van der Waals surface area contributed by atoms with Gasteiger partial charge in [0.25, 0.3) is 0 Å². The third kappa shape index (κ3) is 4.05. The van der Waals surface area contributed by atoms with E-state index in [1.807, 2.05) is 22.7 Å². The van der Waals surface area contributed by atoms with Gasteiger partial charge >= 0.3 is 0 Å². The molecule has 0 bridgehead atoms. The molecule has 0 aliphatic rings. The molecule has 0 saturated heterocycles. The smallest absolute Gasteiger partial charge is 0.0789 e. The van der Waals surface area contributed by atoms with E-state index in [9.17, 15) is 0 Å². The lowest BCUT2D eigenvalue weighted by molar-refractivity contribution is 1.29. The van der Waals surface area contributed by atoms with Gasteiger partial charge in [-0.2, -0.15) is 0 Å². The average molecular weight is 659 g/mol. The molecule has 0 saturated carbocycles. The van der Waals surface area contributed by atoms with Gasteiger partial charge in [-0.05, 0) is 89.8 Å². The molecule has 0 radical (unpaired) electrons. The van der Waals surface area contributed by atoms with Gasteiger partial charge in [-0.1, -0.05) is 78.9 Å². The zero-order valence-electron chi connectivity index (χ0n) is 26.5. The highest BCUT2D eigenvalue weighted by Crippen LogP contribution is 2.44. The van der Waals surface area contributed by atoms with Gasteiger partial charge in [-0.25, -0.2) is 4.98 Å². The van der Waals surface area contributed by atoms with E-state index < -0.39 is 0 Å². The Morgan fingerprint density at radius 1 is 0.367 bits per heavy atom. The van der Waals surface area contributed by atoms with Crippen LogP contribution in [0, 0.1) is 6.92 Å². The Balaban J connectivity index is 1.18. The van der Waals surface area contributed by atoms with Crippen molar-refractivity contribution >= 4 is 95.6 Å². The molecule has 7 aromatic carbocycles. The minimum Gasteiger partial charge on any atom is -0.252 e. The summed E-state index contributed by atoms with van der Waals surface area (Å²) < 4.78 is 5.26. The van der Waals surface area contributed by atoms with Crippen molar-refractivity contribution in [2.24, 2.45) is 0 Å². The van der Waals surface area contributed by atoms with Crippen molar-refractivity contribution in [2.45, 2.75) is 6.92 Å². The molecule has 0 aliphatic heterocycles. The molecule has 11 aromatic rings. The summed E-state index contributed by atoms with van der Waals surface area (Å²) in [6, 6.07) is 51.0. The van der Waals surface area contributed by atoms with Crippen LogP contribution in [-0.4, -0.2) is 9.97 Å². The molecule has 11 rings (SSSR count). The number of aryl methyl sites for hydroxylation is 1. The molecule has 4 heterocycles. The molecule has 0 fully saturated rings. The zero-order chi connectivity index (χ0) is 32.2. The number of thiophene rings is 2. The minimum absolute atomic E-state index is 0.991. The van der Waals surface area contributed by atoms with Gasteiger partial charge in [0.15, 0.2) is 0 Å². The maximum atomic E-state index is 5.50. The fourth-order valence-corrected chi connectivity index (χ4v) is 9.98. The third-order valence-corrected chi connectivity index (χ3v) is 12.4. The van der Waals surface area contributed by atoms with Crippen LogP contribution in [0.3, 0.4) is 0 Å². The Kier molecular flexibility index (Phi) is 5.66. The SMILES string of the molecule is Cc1nc2cc(-c3ccc4sc5ccccc5c4c3)cc3c(-c4ccccc4)nc4cc(-c5ccc6sc7ccccc7c6c5)cc1c4c23. The maximum Gasteiger partial charge on any atom is 0.0789 e. The number of fused-ring (bicyclic) bond motifs is 6. The molecular formula is C45H26N2S2. The van der Waals surface area contributed by atoms with Crippen LogP contribution in [0.2, 0.25) is 0 Å². The standard InChI is InChI=1S/C45H26N2S2/c1-25-33-21-29(27-15-17-41-34(19-27)31-11-5-7-13-39(31)48-41)24-38-43(33)44-36(45(47-38)26-9-3-2-4-10-26)22-30(23-37(44)46-25)28-16-18-42-35(20-28)32-12-6-8-14-40(32)49-42/h2-24H,1H3. The van der Waals surface area contributed by atoms with Crippen LogP contribution in [0.15, 0.2) is 140 Å². The number of nitrogens with zero attached hydrogens (tertiary/aromatic N) is 2. The number of aromatic nitrogens is 2. The van der Waals surface area contributed by atoms with Gasteiger partial charge in [0.05, 0.1) is 16.7 Å². The molecule has 0 unspecified atom stereocenters. The van der Waals surface area contributed by atoms with E-state index in [-0.39, 0.29) is 0 Å². The highest BCUT2D eigenvalue weighted by Gasteiger charge is 2.20. The summed E-state index contributed by atoms with van der Waals surface area (Å²) in [6.45, 7) is 2.14. The van der Waals surface area contributed by atoms with Crippen LogP contribution in [0.1, 0.15) is 5.69 Å². The molecule has 0 amide bonds. The van der Waals surface area contributed by atoms with E-state index in [1.54, 1.807) is 0 Å². The maximum absolute atomic E-state index is 5.50. The van der Waals surface area contributed by atoms with Gasteiger partial charge < -0.3 is 0 Å². The lowest BCUT2D eigenvalue weighted by atomic mass is 9.90. The molecule has 228 valence electrons. The molecular weight excluding hydrogens is 633 g/mol. The van der Waals surface area contributed by atoms with Crippen LogP contribution in [-0.2, 0) is 0 Å². The third-order valence-electron chi connectivity index (χ3n) is 10.1. The summed E-state index contributed by atoms with van der Waals surface area (Å²) in [4.78, 5) is 10.8. The largest absolute Gasteiger partial charge is 0.252 e. The van der Waals surface area contributed by atoms with Crippen molar-refractivity contribution in [1.29, 1.82) is 0 Å². The molecule has 49 heavy (non-hydrogen) atoms. The van der Waals surface area contributed by atoms with E-state index in [2.05, 4.69) is 146 Å². The lowest BCUT2D eigenvalue weighted by Gasteiger charge is -2.18. The lowest BCUT2D eigenvalue weighted by Crippen LogP contribution is -1.97. The first kappa shape index (κ1) is 27.3. The number of rotatable bonds is 3. The molecule has 0 N–H and O–H groups in total. The van der Waals surface area contributed by atoms with Gasteiger partial charge in [0.1, 0.15) is 0 Å². The summed E-state index contributed by atoms with van der Waals surface area (Å²) in [7, 11) is 0. The summed E-state index contributed by atoms with van der Waals surface area (Å²) in [5, 5.41) is 9.89. The van der Waals surface area contributed by atoms with Crippen LogP contribution in [0.5, 0.6) is 0 Å². The molecule has 0 atom stereocenters. The van der Waals surface area contributed by atoms with Crippen molar-refractivity contribution < 1.29 is 0 Å². The monoisotopic (exact) mass is 658 g/mol. The molecule has 4 heteroatoms. The van der Waals surface area contributed by atoms with E-state index in [1.165, 1.54) is 62.2 Å². The first-order valence-electron chi connectivity index (χ1n) is 16.6. The second-order valence-electron chi connectivity index (χ2n) is 13.0. The van der Waals surface area contributed by atoms with E-state index in [0.717, 1.165) is 49.9 Å². The van der Waals surface area contributed by atoms with Crippen LogP contribution < -0.4 is 0 Å². The molecule has 4 aromatic heterocycles. The fraction of sp³-hybridized carbons (Fsp3) is 0.0222. The summed E-state index contributed by atoms with van der Waals surface area (Å²) in [5.74, 6) is 0. The second kappa shape index (κ2) is 10.2. The van der Waals surface area contributed by atoms with Crippen LogP contribution in [0.4, 0.5) is 0 Å². The van der Waals surface area contributed by atoms with Crippen molar-refractivity contribution in [3.05, 3.63) is 145 Å². The van der Waals surface area contributed by atoms with Gasteiger partial charge in [-0.15, -0.1) is 22.7 Å². The first-order chi connectivity index (χ1) is 24.2. The second-order valence-corrected chi connectivity index (χ2v) is 15.1. The summed E-state index contributed by atoms with van der Waals surface area (Å²) >= 11 is 3.71. The topological polar surface area (TPSA) is 25.8 Å². The van der Waals surface area contributed by atoms with Gasteiger partial charge in [0.2, 0.25) is 0 Å². The number of benzene rings is 7. The Hall–Kier alpha value is -5.68. The van der Waals surface area contributed by atoms with Crippen LogP contribution in [0.25, 0.3) is 106 Å². The normalized spacial score (nSPS) is 12.2. The summed E-state index contributed by atoms with van der Waals surface area (Å²) in [6.07, 6.45) is 0. The quantitative estimate of drug-likeness (QED) is 0.177. The highest BCUT2D eigenvalue weighted by molar-refractivity contribution is 7.26. The average Bonchev–Trinajstić information content (AvgIpc) is 3.71. The van der Waals surface area contributed by atoms with Crippen molar-refractivity contribution in [3.63, 3.8) is 0 Å². The number of hydrogen-bond donors (Lipinski definition) is 0. The predicted octanol–water partition coefficient (Wildman–Crippen LogP) is 13.4. The fourth-order valence-electron chi connectivity index (χ4n) is 7.81. The number of pyridine rings is 2. The molecule has 0 aliphatic carbocycles. The van der Waals surface area contributed by atoms with Gasteiger partial charge in [-0.3, -0.25) is 4.98 Å². The zero-order valence-corrected chi connectivity index (χ0v) is 28.1. The van der Waals surface area contributed by atoms with Crippen molar-refractivity contribution in [1.82, 2.24) is 9.97 Å². The van der Waals surface area contributed by atoms with E-state index in [4.69, 9.17) is 9.97 Å².